The summed E-state index contributed by atoms with van der Waals surface area (Å²) in [7, 11) is 0. The summed E-state index contributed by atoms with van der Waals surface area (Å²) in [5.74, 6) is -1.48. The molecule has 0 rings (SSSR count). The van der Waals surface area contributed by atoms with Crippen molar-refractivity contribution in [1.82, 2.24) is 10.6 Å². The highest BCUT2D eigenvalue weighted by Crippen LogP contribution is 2.03. The first-order valence-electron chi connectivity index (χ1n) is 9.01. The lowest BCUT2D eigenvalue weighted by atomic mass is 10.1. The molecule has 0 aromatic carbocycles. The van der Waals surface area contributed by atoms with Crippen molar-refractivity contribution in [1.29, 1.82) is 0 Å². The molecule has 0 saturated heterocycles. The summed E-state index contributed by atoms with van der Waals surface area (Å²) in [5.41, 5.74) is 0. The lowest BCUT2D eigenvalue weighted by molar-refractivity contribution is -0.142. The van der Waals surface area contributed by atoms with Crippen molar-refractivity contribution < 1.29 is 29.7 Å². The minimum Gasteiger partial charge on any atom is -0.480 e. The molecule has 0 aromatic heterocycles. The average Bonchev–Trinajstić information content (AvgIpc) is 2.58. The zero-order valence-electron chi connectivity index (χ0n) is 14.8. The molecule has 25 heavy (non-hydrogen) atoms. The van der Waals surface area contributed by atoms with Gasteiger partial charge in [-0.2, -0.15) is 0 Å². The van der Waals surface area contributed by atoms with Gasteiger partial charge in [-0.25, -0.2) is 4.79 Å². The molecular weight excluding hydrogens is 328 g/mol. The Balaban J connectivity index is 3.87. The molecule has 8 heteroatoms. The second-order valence-corrected chi connectivity index (χ2v) is 6.02. The number of carbonyl (C=O) groups excluding carboxylic acids is 2. The Morgan fingerprint density at radius 1 is 0.760 bits per heavy atom. The van der Waals surface area contributed by atoms with Crippen LogP contribution in [0.25, 0.3) is 0 Å². The van der Waals surface area contributed by atoms with Crippen LogP contribution in [0.15, 0.2) is 0 Å². The predicted octanol–water partition coefficient (Wildman–Crippen LogP) is 0.558. The molecule has 1 atom stereocenters. The molecule has 0 radical (unpaired) electrons. The quantitative estimate of drug-likeness (QED) is 0.255. The van der Waals surface area contributed by atoms with Crippen LogP contribution in [0.1, 0.15) is 64.2 Å². The fraction of sp³-hybridized carbons (Fsp3) is 0.824. The number of carbonyl (C=O) groups is 3. The van der Waals surface area contributed by atoms with E-state index >= 15 is 0 Å². The summed E-state index contributed by atoms with van der Waals surface area (Å²) in [4.78, 5) is 34.5. The number of aliphatic hydroxyl groups excluding tert-OH is 2. The fourth-order valence-electron chi connectivity index (χ4n) is 2.29. The van der Waals surface area contributed by atoms with Gasteiger partial charge in [-0.15, -0.1) is 0 Å². The molecule has 0 unspecified atom stereocenters. The number of aliphatic hydroxyl groups is 2. The second kappa shape index (κ2) is 15.8. The zero-order valence-corrected chi connectivity index (χ0v) is 14.8. The minimum atomic E-state index is -1.08. The Kier molecular flexibility index (Phi) is 14.8. The van der Waals surface area contributed by atoms with E-state index in [1.54, 1.807) is 0 Å². The largest absolute Gasteiger partial charge is 0.480 e. The third-order valence-corrected chi connectivity index (χ3v) is 3.75. The smallest absolute Gasteiger partial charge is 0.326 e. The highest BCUT2D eigenvalue weighted by atomic mass is 16.4. The number of carboxylic acid groups (broad SMARTS) is 1. The number of hydrogen-bond donors (Lipinski definition) is 5. The Hall–Kier alpha value is -1.67. The van der Waals surface area contributed by atoms with Crippen LogP contribution < -0.4 is 10.6 Å². The maximum Gasteiger partial charge on any atom is 0.326 e. The Morgan fingerprint density at radius 3 is 1.84 bits per heavy atom. The third-order valence-electron chi connectivity index (χ3n) is 3.75. The average molecular weight is 360 g/mol. The van der Waals surface area contributed by atoms with E-state index in [1.807, 2.05) is 0 Å². The lowest BCUT2D eigenvalue weighted by Crippen LogP contribution is -2.41. The van der Waals surface area contributed by atoms with E-state index in [-0.39, 0.29) is 37.9 Å². The van der Waals surface area contributed by atoms with Gasteiger partial charge in [0.15, 0.2) is 0 Å². The lowest BCUT2D eigenvalue weighted by Gasteiger charge is -2.14. The normalized spacial score (nSPS) is 11.8. The summed E-state index contributed by atoms with van der Waals surface area (Å²) in [6.45, 7) is 0.590. The van der Waals surface area contributed by atoms with Crippen molar-refractivity contribution in [3.63, 3.8) is 0 Å². The number of rotatable bonds is 16. The SMILES string of the molecule is O=C(CCCCCO)NCCC[C@H](NC(=O)CCCCCO)C(=O)O. The van der Waals surface area contributed by atoms with Gasteiger partial charge in [0.1, 0.15) is 6.04 Å². The molecule has 0 aliphatic heterocycles. The van der Waals surface area contributed by atoms with Gasteiger partial charge < -0.3 is 26.0 Å². The summed E-state index contributed by atoms with van der Waals surface area (Å²) >= 11 is 0. The number of carboxylic acids is 1. The molecule has 0 aromatic rings. The molecule has 8 nitrogen and oxygen atoms in total. The van der Waals surface area contributed by atoms with Gasteiger partial charge in [0.25, 0.3) is 0 Å². The number of amides is 2. The topological polar surface area (TPSA) is 136 Å². The van der Waals surface area contributed by atoms with E-state index in [0.29, 0.717) is 38.6 Å². The first-order valence-corrected chi connectivity index (χ1v) is 9.01. The molecule has 0 saturated carbocycles. The number of aliphatic carboxylic acids is 1. The van der Waals surface area contributed by atoms with Gasteiger partial charge in [-0.3, -0.25) is 9.59 Å². The van der Waals surface area contributed by atoms with Gasteiger partial charge >= 0.3 is 5.97 Å². The van der Waals surface area contributed by atoms with Crippen LogP contribution in [0, 0.1) is 0 Å². The van der Waals surface area contributed by atoms with Crippen molar-refractivity contribution in [3.8, 4) is 0 Å². The Bertz CT molecular complexity index is 389. The number of hydrogen-bond acceptors (Lipinski definition) is 5. The summed E-state index contributed by atoms with van der Waals surface area (Å²) in [5, 5.41) is 31.7. The standard InChI is InChI=1S/C17H32N2O6/c20-12-5-1-3-9-15(22)18-11-7-8-14(17(24)25)19-16(23)10-4-2-6-13-21/h14,20-21H,1-13H2,(H,18,22)(H,19,23)(H,24,25)/t14-/m0/s1. The third kappa shape index (κ3) is 14.4. The molecule has 2 amide bonds. The molecule has 146 valence electrons. The molecule has 0 fully saturated rings. The fourth-order valence-corrected chi connectivity index (χ4v) is 2.29. The molecule has 0 heterocycles. The zero-order chi connectivity index (χ0) is 18.9. The molecule has 0 spiro atoms. The van der Waals surface area contributed by atoms with Crippen molar-refractivity contribution in [2.45, 2.75) is 70.3 Å². The molecular formula is C17H32N2O6. The summed E-state index contributed by atoms with van der Waals surface area (Å²) in [6, 6.07) is -0.952. The highest BCUT2D eigenvalue weighted by Gasteiger charge is 2.19. The summed E-state index contributed by atoms with van der Waals surface area (Å²) < 4.78 is 0. The van der Waals surface area contributed by atoms with Crippen LogP contribution in [0.5, 0.6) is 0 Å². The van der Waals surface area contributed by atoms with Crippen LogP contribution in [0.2, 0.25) is 0 Å². The maximum absolute atomic E-state index is 11.7. The van der Waals surface area contributed by atoms with Crippen molar-refractivity contribution in [2.75, 3.05) is 19.8 Å². The molecule has 0 aliphatic rings. The maximum atomic E-state index is 11.7. The van der Waals surface area contributed by atoms with Gasteiger partial charge in [0.05, 0.1) is 0 Å². The van der Waals surface area contributed by atoms with Crippen LogP contribution in [-0.4, -0.2) is 58.9 Å². The van der Waals surface area contributed by atoms with Crippen molar-refractivity contribution in [2.24, 2.45) is 0 Å². The van der Waals surface area contributed by atoms with Crippen molar-refractivity contribution >= 4 is 17.8 Å². The number of unbranched alkanes of at least 4 members (excludes halogenated alkanes) is 4. The van der Waals surface area contributed by atoms with E-state index in [1.165, 1.54) is 0 Å². The van der Waals surface area contributed by atoms with Crippen LogP contribution in [0.3, 0.4) is 0 Å². The van der Waals surface area contributed by atoms with Gasteiger partial charge in [0.2, 0.25) is 11.8 Å². The Morgan fingerprint density at radius 2 is 1.32 bits per heavy atom. The van der Waals surface area contributed by atoms with E-state index in [9.17, 15) is 14.4 Å². The van der Waals surface area contributed by atoms with E-state index in [0.717, 1.165) is 19.3 Å². The van der Waals surface area contributed by atoms with Gasteiger partial charge in [-0.05, 0) is 38.5 Å². The second-order valence-electron chi connectivity index (χ2n) is 6.02. The van der Waals surface area contributed by atoms with Crippen LogP contribution >= 0.6 is 0 Å². The van der Waals surface area contributed by atoms with Gasteiger partial charge in [0, 0.05) is 32.6 Å². The van der Waals surface area contributed by atoms with E-state index in [4.69, 9.17) is 15.3 Å². The Labute approximate surface area is 149 Å². The molecule has 5 N–H and O–H groups in total. The van der Waals surface area contributed by atoms with E-state index < -0.39 is 12.0 Å². The predicted molar refractivity (Wildman–Crippen MR) is 92.9 cm³/mol. The monoisotopic (exact) mass is 360 g/mol. The first kappa shape index (κ1) is 23.3. The summed E-state index contributed by atoms with van der Waals surface area (Å²) in [6.07, 6.45) is 5.54. The minimum absolute atomic E-state index is 0.0854. The highest BCUT2D eigenvalue weighted by molar-refractivity contribution is 5.83. The molecule has 0 bridgehead atoms. The van der Waals surface area contributed by atoms with Crippen molar-refractivity contribution in [3.05, 3.63) is 0 Å². The van der Waals surface area contributed by atoms with Gasteiger partial charge in [-0.1, -0.05) is 12.8 Å². The van der Waals surface area contributed by atoms with E-state index in [2.05, 4.69) is 10.6 Å². The number of nitrogens with one attached hydrogen (secondary N) is 2. The first-order chi connectivity index (χ1) is 12.0. The van der Waals surface area contributed by atoms with Crippen LogP contribution in [-0.2, 0) is 14.4 Å². The van der Waals surface area contributed by atoms with Crippen LogP contribution in [0.4, 0.5) is 0 Å². The molecule has 0 aliphatic carbocycles.